The highest BCUT2D eigenvalue weighted by Gasteiger charge is 2.10. The van der Waals surface area contributed by atoms with E-state index in [4.69, 9.17) is 9.15 Å². The van der Waals surface area contributed by atoms with E-state index in [0.717, 1.165) is 0 Å². The Bertz CT molecular complexity index is 1250. The summed E-state index contributed by atoms with van der Waals surface area (Å²) in [5.74, 6) is 0.430. The van der Waals surface area contributed by atoms with Crippen molar-refractivity contribution in [3.05, 3.63) is 69.5 Å². The lowest BCUT2D eigenvalue weighted by molar-refractivity contribution is -0.402. The number of benzene rings is 1. The smallest absolute Gasteiger partial charge is 0.433 e. The zero-order chi connectivity index (χ0) is 22.9. The number of aliphatic imine (C=N–C) groups is 1. The molecule has 0 radical (unpaired) electrons. The molecule has 0 saturated carbocycles. The van der Waals surface area contributed by atoms with Crippen LogP contribution in [0.25, 0.3) is 11.1 Å². The zero-order valence-electron chi connectivity index (χ0n) is 16.7. The number of nitro groups is 1. The average molecular weight is 429 g/mol. The van der Waals surface area contributed by atoms with Crippen LogP contribution in [-0.4, -0.2) is 29.1 Å². The van der Waals surface area contributed by atoms with Gasteiger partial charge in [-0.25, -0.2) is 4.99 Å². The van der Waals surface area contributed by atoms with Crippen molar-refractivity contribution >= 4 is 24.3 Å². The number of furan rings is 1. The van der Waals surface area contributed by atoms with Gasteiger partial charge in [0.05, 0.1) is 42.2 Å². The molecule has 0 aliphatic heterocycles. The fourth-order valence-electron chi connectivity index (χ4n) is 2.61. The van der Waals surface area contributed by atoms with Crippen LogP contribution in [-0.2, 0) is 0 Å². The van der Waals surface area contributed by atoms with E-state index in [-0.39, 0.29) is 11.6 Å². The largest absolute Gasteiger partial charge is 0.478 e. The zero-order valence-corrected chi connectivity index (χ0v) is 16.7. The molecule has 0 amide bonds. The van der Waals surface area contributed by atoms with Crippen LogP contribution >= 0.6 is 0 Å². The first-order chi connectivity index (χ1) is 15.5. The highest BCUT2D eigenvalue weighted by molar-refractivity contribution is 5.77. The molecular formula is C21H15N7O4. The summed E-state index contributed by atoms with van der Waals surface area (Å²) in [5, 5.41) is 32.9. The van der Waals surface area contributed by atoms with E-state index >= 15 is 0 Å². The van der Waals surface area contributed by atoms with Gasteiger partial charge in [-0.1, -0.05) is 0 Å². The molecule has 2 aromatic heterocycles. The molecule has 1 aromatic carbocycles. The molecule has 0 aliphatic rings. The quantitative estimate of drug-likeness (QED) is 0.245. The lowest BCUT2D eigenvalue weighted by Crippen LogP contribution is -2.01. The van der Waals surface area contributed by atoms with Crippen molar-refractivity contribution in [2.24, 2.45) is 10.1 Å². The Balaban J connectivity index is 1.81. The highest BCUT2D eigenvalue weighted by atomic mass is 16.6. The maximum Gasteiger partial charge on any atom is 0.433 e. The van der Waals surface area contributed by atoms with Crippen LogP contribution in [0.3, 0.4) is 0 Å². The number of nitrogens with zero attached hydrogens (tertiary/aromatic N) is 6. The first kappa shape index (κ1) is 21.7. The summed E-state index contributed by atoms with van der Waals surface area (Å²) in [6.07, 6.45) is 2.52. The molecule has 32 heavy (non-hydrogen) atoms. The van der Waals surface area contributed by atoms with Gasteiger partial charge >= 0.3 is 5.88 Å². The van der Waals surface area contributed by atoms with Crippen LogP contribution in [0.15, 0.2) is 57.0 Å². The second kappa shape index (κ2) is 10.1. The summed E-state index contributed by atoms with van der Waals surface area (Å²) in [6, 6.07) is 14.9. The minimum Gasteiger partial charge on any atom is -0.478 e. The van der Waals surface area contributed by atoms with Gasteiger partial charge in [-0.15, -0.1) is 0 Å². The molecule has 3 rings (SSSR count). The van der Waals surface area contributed by atoms with Crippen LogP contribution in [0.5, 0.6) is 5.88 Å². The van der Waals surface area contributed by atoms with Crippen LogP contribution in [0.2, 0.25) is 0 Å². The number of rotatable bonds is 8. The van der Waals surface area contributed by atoms with Gasteiger partial charge in [0.2, 0.25) is 5.88 Å². The molecule has 1 N–H and O–H groups in total. The Hall–Kier alpha value is -5.03. The Morgan fingerprint density at radius 2 is 1.91 bits per heavy atom. The Labute approximate surface area is 182 Å². The Kier molecular flexibility index (Phi) is 6.86. The predicted molar refractivity (Wildman–Crippen MR) is 115 cm³/mol. The summed E-state index contributed by atoms with van der Waals surface area (Å²) >= 11 is 0. The van der Waals surface area contributed by atoms with Gasteiger partial charge in [0, 0.05) is 6.07 Å². The number of aromatic nitrogens is 1. The second-order valence-electron chi connectivity index (χ2n) is 6.09. The maximum atomic E-state index is 10.6. The number of nitrogens with one attached hydrogen (secondary N) is 1. The van der Waals surface area contributed by atoms with Crippen LogP contribution in [0.1, 0.15) is 23.8 Å². The molecule has 11 heteroatoms. The van der Waals surface area contributed by atoms with Crippen molar-refractivity contribution < 1.29 is 14.1 Å². The third-order valence-electron chi connectivity index (χ3n) is 3.92. The van der Waals surface area contributed by atoms with E-state index in [1.807, 2.05) is 19.1 Å². The molecule has 0 saturated heterocycles. The topological polar surface area (TPSA) is 163 Å². The van der Waals surface area contributed by atoms with Crippen LogP contribution in [0.4, 0.5) is 11.7 Å². The van der Waals surface area contributed by atoms with Crippen molar-refractivity contribution in [1.29, 1.82) is 10.5 Å². The molecule has 0 atom stereocenters. The normalized spacial score (nSPS) is 10.7. The average Bonchev–Trinajstić information content (AvgIpc) is 3.28. The number of ether oxygens (including phenoxy) is 1. The molecule has 0 aliphatic carbocycles. The Morgan fingerprint density at radius 1 is 1.19 bits per heavy atom. The highest BCUT2D eigenvalue weighted by Crippen LogP contribution is 2.28. The summed E-state index contributed by atoms with van der Waals surface area (Å²) in [6.45, 7) is 2.20. The number of hydrogen-bond acceptors (Lipinski definition) is 9. The number of pyridine rings is 1. The third-order valence-corrected chi connectivity index (χ3v) is 3.92. The fraction of sp³-hybridized carbons (Fsp3) is 0.0952. The van der Waals surface area contributed by atoms with E-state index in [9.17, 15) is 20.6 Å². The van der Waals surface area contributed by atoms with Gasteiger partial charge in [0.15, 0.2) is 11.6 Å². The van der Waals surface area contributed by atoms with Gasteiger partial charge in [-0.05, 0) is 48.4 Å². The maximum absolute atomic E-state index is 10.6. The summed E-state index contributed by atoms with van der Waals surface area (Å²) in [4.78, 5) is 18.4. The molecule has 0 bridgehead atoms. The lowest BCUT2D eigenvalue weighted by atomic mass is 10.0. The lowest BCUT2D eigenvalue weighted by Gasteiger charge is -2.08. The first-order valence-electron chi connectivity index (χ1n) is 9.18. The van der Waals surface area contributed by atoms with Gasteiger partial charge in [0.25, 0.3) is 0 Å². The number of hydrazone groups is 1. The second-order valence-corrected chi connectivity index (χ2v) is 6.09. The minimum absolute atomic E-state index is 0.196. The SMILES string of the molecule is CCOc1cc(-c2cc(C#N)cc(C#N)c2)cc(N=CN/N=C/c2ccc([N+](=O)[O-])o2)n1. The van der Waals surface area contributed by atoms with Gasteiger partial charge < -0.3 is 9.15 Å². The molecule has 3 aromatic rings. The van der Waals surface area contributed by atoms with Crippen molar-refractivity contribution in [3.8, 4) is 29.1 Å². The van der Waals surface area contributed by atoms with E-state index in [2.05, 4.69) is 20.5 Å². The van der Waals surface area contributed by atoms with E-state index in [0.29, 0.717) is 40.6 Å². The fourth-order valence-corrected chi connectivity index (χ4v) is 2.61. The van der Waals surface area contributed by atoms with E-state index in [1.165, 1.54) is 30.8 Å². The van der Waals surface area contributed by atoms with Crippen molar-refractivity contribution in [1.82, 2.24) is 10.4 Å². The van der Waals surface area contributed by atoms with Crippen LogP contribution in [0, 0.1) is 32.8 Å². The molecular weight excluding hydrogens is 414 g/mol. The van der Waals surface area contributed by atoms with E-state index < -0.39 is 4.92 Å². The summed E-state index contributed by atoms with van der Waals surface area (Å²) in [5.41, 5.74) is 4.57. The van der Waals surface area contributed by atoms with Gasteiger partial charge in [-0.2, -0.15) is 20.6 Å². The van der Waals surface area contributed by atoms with Gasteiger partial charge in [0.1, 0.15) is 11.3 Å². The van der Waals surface area contributed by atoms with Crippen molar-refractivity contribution in [3.63, 3.8) is 0 Å². The predicted octanol–water partition coefficient (Wildman–Crippen LogP) is 3.68. The summed E-state index contributed by atoms with van der Waals surface area (Å²) in [7, 11) is 0. The van der Waals surface area contributed by atoms with Crippen molar-refractivity contribution in [2.75, 3.05) is 6.61 Å². The number of nitriles is 2. The molecule has 0 spiro atoms. The third kappa shape index (κ3) is 5.52. The molecule has 0 fully saturated rings. The summed E-state index contributed by atoms with van der Waals surface area (Å²) < 4.78 is 10.4. The van der Waals surface area contributed by atoms with E-state index in [1.54, 1.807) is 24.3 Å². The Morgan fingerprint density at radius 3 is 2.53 bits per heavy atom. The van der Waals surface area contributed by atoms with Crippen LogP contribution < -0.4 is 10.2 Å². The van der Waals surface area contributed by atoms with Crippen molar-refractivity contribution in [2.45, 2.75) is 6.92 Å². The molecule has 11 nitrogen and oxygen atoms in total. The standard InChI is InChI=1S/C21H15N7O4/c1-2-31-20-9-17(16-6-14(10-22)5-15(7-16)11-23)8-19(27-20)24-13-26-25-12-18-3-4-21(32-18)28(29)30/h3-9,12-13H,2H2,1H3,(H,24,26,27)/b25-12+. The number of hydrogen-bond donors (Lipinski definition) is 1. The minimum atomic E-state index is -0.646. The van der Waals surface area contributed by atoms with Gasteiger partial charge in [-0.3, -0.25) is 15.5 Å². The monoisotopic (exact) mass is 429 g/mol. The first-order valence-corrected chi connectivity index (χ1v) is 9.18. The molecule has 2 heterocycles. The molecule has 158 valence electrons. The molecule has 0 unspecified atom stereocenters.